The van der Waals surface area contributed by atoms with Crippen LogP contribution < -0.4 is 9.62 Å². The van der Waals surface area contributed by atoms with Crippen LogP contribution in [0.5, 0.6) is 0 Å². The smallest absolute Gasteiger partial charge is 0.248 e. The molecular weight excluding hydrogens is 467 g/mol. The highest BCUT2D eigenvalue weighted by atomic mass is 35.5. The van der Waals surface area contributed by atoms with E-state index in [2.05, 4.69) is 5.32 Å². The summed E-state index contributed by atoms with van der Waals surface area (Å²) in [7, 11) is -3.89. The number of carbonyl (C=O) groups is 2. The molecule has 0 bridgehead atoms. The third-order valence-electron chi connectivity index (χ3n) is 4.93. The monoisotopic (exact) mass is 488 g/mol. The number of halogens is 2. The number of sulfonamides is 1. The number of hydrogen-bond acceptors (Lipinski definition) is 4. The van der Waals surface area contributed by atoms with Crippen LogP contribution in [0, 0.1) is 5.82 Å². The van der Waals surface area contributed by atoms with Crippen molar-refractivity contribution in [3.8, 4) is 0 Å². The van der Waals surface area contributed by atoms with Crippen LogP contribution >= 0.6 is 11.6 Å². The van der Waals surface area contributed by atoms with E-state index in [1.54, 1.807) is 37.3 Å². The molecule has 1 amide bonds. The van der Waals surface area contributed by atoms with Gasteiger partial charge in [-0.2, -0.15) is 0 Å². The Morgan fingerprint density at radius 1 is 1.03 bits per heavy atom. The van der Waals surface area contributed by atoms with Crippen molar-refractivity contribution in [3.63, 3.8) is 0 Å². The Morgan fingerprint density at radius 2 is 1.67 bits per heavy atom. The molecule has 3 aromatic carbocycles. The molecule has 172 valence electrons. The van der Waals surface area contributed by atoms with Gasteiger partial charge in [-0.25, -0.2) is 12.8 Å². The SMILES string of the molecule is CC[C@H](C(=O)Nc1ccc(Cl)cc1C(=O)c1ccccc1)N(c1ccc(F)cc1)S(C)(=O)=O. The van der Waals surface area contributed by atoms with Crippen LogP contribution in [0.1, 0.15) is 29.3 Å². The second kappa shape index (κ2) is 10.1. The quantitative estimate of drug-likeness (QED) is 0.457. The third kappa shape index (κ3) is 5.77. The second-order valence-electron chi connectivity index (χ2n) is 7.33. The summed E-state index contributed by atoms with van der Waals surface area (Å²) < 4.78 is 39.4. The van der Waals surface area contributed by atoms with Crippen LogP contribution in [0.25, 0.3) is 0 Å². The topological polar surface area (TPSA) is 83.6 Å². The molecule has 0 spiro atoms. The van der Waals surface area contributed by atoms with Gasteiger partial charge in [-0.3, -0.25) is 13.9 Å². The summed E-state index contributed by atoms with van der Waals surface area (Å²) in [5.41, 5.74) is 0.929. The van der Waals surface area contributed by atoms with E-state index in [1.807, 2.05) is 0 Å². The van der Waals surface area contributed by atoms with Crippen LogP contribution in [0.2, 0.25) is 5.02 Å². The fraction of sp³-hybridized carbons (Fsp3) is 0.167. The molecule has 0 saturated carbocycles. The molecule has 1 N–H and O–H groups in total. The largest absolute Gasteiger partial charge is 0.324 e. The van der Waals surface area contributed by atoms with Gasteiger partial charge in [0.15, 0.2) is 5.78 Å². The van der Waals surface area contributed by atoms with Gasteiger partial charge in [0.2, 0.25) is 15.9 Å². The Bertz CT molecular complexity index is 1270. The highest BCUT2D eigenvalue weighted by Crippen LogP contribution is 2.27. The van der Waals surface area contributed by atoms with E-state index in [1.165, 1.54) is 30.3 Å². The summed E-state index contributed by atoms with van der Waals surface area (Å²) in [5.74, 6) is -1.52. The normalized spacial score (nSPS) is 12.1. The van der Waals surface area contributed by atoms with E-state index in [9.17, 15) is 22.4 Å². The lowest BCUT2D eigenvalue weighted by Crippen LogP contribution is -2.47. The summed E-state index contributed by atoms with van der Waals surface area (Å²) in [6.07, 6.45) is 1.10. The number of hydrogen-bond donors (Lipinski definition) is 1. The third-order valence-corrected chi connectivity index (χ3v) is 6.35. The molecule has 0 radical (unpaired) electrons. The Kier molecular flexibility index (Phi) is 7.50. The fourth-order valence-corrected chi connectivity index (χ4v) is 4.81. The van der Waals surface area contributed by atoms with E-state index in [0.29, 0.717) is 10.6 Å². The Labute approximate surface area is 197 Å². The highest BCUT2D eigenvalue weighted by Gasteiger charge is 2.32. The first-order chi connectivity index (χ1) is 15.6. The number of carbonyl (C=O) groups excluding carboxylic acids is 2. The maximum absolute atomic E-state index is 13.4. The molecule has 0 unspecified atom stereocenters. The van der Waals surface area contributed by atoms with Gasteiger partial charge >= 0.3 is 0 Å². The number of amides is 1. The van der Waals surface area contributed by atoms with Crippen LogP contribution in [-0.2, 0) is 14.8 Å². The molecule has 6 nitrogen and oxygen atoms in total. The van der Waals surface area contributed by atoms with Crippen LogP contribution in [0.4, 0.5) is 15.8 Å². The molecular formula is C24H22ClFN2O4S. The molecule has 33 heavy (non-hydrogen) atoms. The van der Waals surface area contributed by atoms with Crippen molar-refractivity contribution in [2.45, 2.75) is 19.4 Å². The van der Waals surface area contributed by atoms with E-state index in [-0.39, 0.29) is 29.1 Å². The van der Waals surface area contributed by atoms with Crippen molar-refractivity contribution in [1.29, 1.82) is 0 Å². The Balaban J connectivity index is 1.98. The Hall–Kier alpha value is -3.23. The van der Waals surface area contributed by atoms with Crippen LogP contribution in [-0.4, -0.2) is 32.4 Å². The number of ketones is 1. The van der Waals surface area contributed by atoms with Crippen LogP contribution in [0.15, 0.2) is 72.8 Å². The lowest BCUT2D eigenvalue weighted by Gasteiger charge is -2.30. The maximum Gasteiger partial charge on any atom is 0.248 e. The predicted octanol–water partition coefficient (Wildman–Crippen LogP) is 4.89. The first-order valence-electron chi connectivity index (χ1n) is 10.1. The summed E-state index contributed by atoms with van der Waals surface area (Å²) in [6.45, 7) is 1.66. The first-order valence-corrected chi connectivity index (χ1v) is 12.3. The number of anilines is 2. The summed E-state index contributed by atoms with van der Waals surface area (Å²) in [5, 5.41) is 2.98. The number of benzene rings is 3. The molecule has 3 aromatic rings. The van der Waals surface area contributed by atoms with E-state index < -0.39 is 27.8 Å². The second-order valence-corrected chi connectivity index (χ2v) is 9.63. The van der Waals surface area contributed by atoms with Crippen molar-refractivity contribution in [3.05, 3.63) is 94.8 Å². The average molecular weight is 489 g/mol. The van der Waals surface area contributed by atoms with Gasteiger partial charge in [-0.15, -0.1) is 0 Å². The molecule has 0 aliphatic heterocycles. The zero-order valence-corrected chi connectivity index (χ0v) is 19.5. The van der Waals surface area contributed by atoms with Gasteiger partial charge < -0.3 is 5.32 Å². The van der Waals surface area contributed by atoms with Gasteiger partial charge in [0.25, 0.3) is 0 Å². The molecule has 0 heterocycles. The average Bonchev–Trinajstić information content (AvgIpc) is 2.78. The van der Waals surface area contributed by atoms with Gasteiger partial charge in [0.05, 0.1) is 17.6 Å². The van der Waals surface area contributed by atoms with Crippen molar-refractivity contribution in [2.24, 2.45) is 0 Å². The summed E-state index contributed by atoms with van der Waals surface area (Å²) in [6, 6.07) is 16.6. The molecule has 1 atom stereocenters. The standard InChI is InChI=1S/C24H22ClFN2O4S/c1-3-22(28(33(2,31)32)19-12-10-18(26)11-13-19)24(30)27-21-14-9-17(25)15-20(21)23(29)16-7-5-4-6-8-16/h4-15,22H,3H2,1-2H3,(H,27,30)/t22-/m1/s1. The van der Waals surface area contributed by atoms with E-state index in [0.717, 1.165) is 22.7 Å². The highest BCUT2D eigenvalue weighted by molar-refractivity contribution is 7.92. The lowest BCUT2D eigenvalue weighted by molar-refractivity contribution is -0.117. The minimum absolute atomic E-state index is 0.131. The molecule has 0 aliphatic carbocycles. The van der Waals surface area contributed by atoms with Gasteiger partial charge in [0, 0.05) is 16.1 Å². The van der Waals surface area contributed by atoms with Gasteiger partial charge in [-0.1, -0.05) is 48.9 Å². The minimum atomic E-state index is -3.89. The number of nitrogens with zero attached hydrogens (tertiary/aromatic N) is 1. The molecule has 0 aliphatic rings. The zero-order chi connectivity index (χ0) is 24.2. The number of nitrogens with one attached hydrogen (secondary N) is 1. The van der Waals surface area contributed by atoms with E-state index in [4.69, 9.17) is 11.6 Å². The van der Waals surface area contributed by atoms with Crippen molar-refractivity contribution >= 4 is 44.7 Å². The van der Waals surface area contributed by atoms with Crippen molar-refractivity contribution in [1.82, 2.24) is 0 Å². The molecule has 0 fully saturated rings. The molecule has 0 saturated heterocycles. The Morgan fingerprint density at radius 3 is 2.24 bits per heavy atom. The summed E-state index contributed by atoms with van der Waals surface area (Å²) in [4.78, 5) is 26.3. The molecule has 0 aromatic heterocycles. The minimum Gasteiger partial charge on any atom is -0.324 e. The van der Waals surface area contributed by atoms with Crippen molar-refractivity contribution < 1.29 is 22.4 Å². The fourth-order valence-electron chi connectivity index (χ4n) is 3.42. The number of rotatable bonds is 8. The zero-order valence-electron chi connectivity index (χ0n) is 18.0. The first kappa shape index (κ1) is 24.4. The summed E-state index contributed by atoms with van der Waals surface area (Å²) >= 11 is 6.09. The maximum atomic E-state index is 13.4. The van der Waals surface area contributed by atoms with Crippen LogP contribution in [0.3, 0.4) is 0 Å². The van der Waals surface area contributed by atoms with Crippen molar-refractivity contribution in [2.75, 3.05) is 15.9 Å². The van der Waals surface area contributed by atoms with E-state index >= 15 is 0 Å². The van der Waals surface area contributed by atoms with Gasteiger partial charge in [0.1, 0.15) is 11.9 Å². The predicted molar refractivity (Wildman–Crippen MR) is 128 cm³/mol. The molecule has 9 heteroatoms. The van der Waals surface area contributed by atoms with Gasteiger partial charge in [-0.05, 0) is 48.9 Å². The lowest BCUT2D eigenvalue weighted by atomic mass is 10.0. The molecule has 3 rings (SSSR count).